The van der Waals surface area contributed by atoms with Crippen LogP contribution in [0.15, 0.2) is 35.5 Å². The maximum Gasteiger partial charge on any atom is 0.338 e. The zero-order valence-corrected chi connectivity index (χ0v) is 15.0. The van der Waals surface area contributed by atoms with E-state index in [-0.39, 0.29) is 5.97 Å². The van der Waals surface area contributed by atoms with E-state index in [4.69, 9.17) is 16.3 Å². The molecule has 1 aliphatic rings. The van der Waals surface area contributed by atoms with Crippen LogP contribution >= 0.6 is 11.6 Å². The quantitative estimate of drug-likeness (QED) is 0.627. The van der Waals surface area contributed by atoms with Crippen LogP contribution in [0.5, 0.6) is 0 Å². The summed E-state index contributed by atoms with van der Waals surface area (Å²) in [6.07, 6.45) is 2.94. The van der Waals surface area contributed by atoms with E-state index in [1.54, 1.807) is 16.8 Å². The highest BCUT2D eigenvalue weighted by atomic mass is 35.5. The Bertz CT molecular complexity index is 802. The molecule has 0 amide bonds. The number of rotatable bonds is 6. The summed E-state index contributed by atoms with van der Waals surface area (Å²) in [4.78, 5) is 12.7. The van der Waals surface area contributed by atoms with Crippen molar-refractivity contribution in [2.75, 3.05) is 11.9 Å². The van der Waals surface area contributed by atoms with Crippen LogP contribution in [0.4, 0.5) is 5.95 Å². The third kappa shape index (κ3) is 3.66. The first-order valence-electron chi connectivity index (χ1n) is 8.30. The SMILES string of the molecule is CCCCCOC(=O)C1=C(C)Nc2nnnn2[C@@H]1c1cccc(Cl)c1. The third-order valence-corrected chi connectivity index (χ3v) is 4.31. The van der Waals surface area contributed by atoms with E-state index in [9.17, 15) is 4.79 Å². The number of esters is 1. The van der Waals surface area contributed by atoms with Crippen LogP contribution in [0.25, 0.3) is 0 Å². The minimum absolute atomic E-state index is 0.368. The van der Waals surface area contributed by atoms with Crippen LogP contribution in [0.3, 0.4) is 0 Å². The second-order valence-corrected chi connectivity index (χ2v) is 6.35. The van der Waals surface area contributed by atoms with Gasteiger partial charge in [0.1, 0.15) is 6.04 Å². The van der Waals surface area contributed by atoms with Gasteiger partial charge >= 0.3 is 5.97 Å². The first kappa shape index (κ1) is 17.4. The molecule has 1 N–H and O–H groups in total. The molecule has 0 bridgehead atoms. The van der Waals surface area contributed by atoms with Gasteiger partial charge in [-0.1, -0.05) is 48.6 Å². The molecule has 0 radical (unpaired) electrons. The number of nitrogens with one attached hydrogen (secondary N) is 1. The number of anilines is 1. The molecule has 1 aromatic carbocycles. The summed E-state index contributed by atoms with van der Waals surface area (Å²) in [5.74, 6) is 0.109. The summed E-state index contributed by atoms with van der Waals surface area (Å²) >= 11 is 6.14. The number of fused-ring (bicyclic) bond motifs is 1. The minimum atomic E-state index is -0.483. The van der Waals surface area contributed by atoms with Crippen LogP contribution < -0.4 is 5.32 Å². The molecule has 1 aromatic heterocycles. The molecule has 0 unspecified atom stereocenters. The number of halogens is 1. The van der Waals surface area contributed by atoms with Crippen molar-refractivity contribution in [1.82, 2.24) is 20.2 Å². The van der Waals surface area contributed by atoms with Crippen molar-refractivity contribution in [3.8, 4) is 0 Å². The van der Waals surface area contributed by atoms with E-state index in [1.807, 2.05) is 19.1 Å². The van der Waals surface area contributed by atoms with Crippen molar-refractivity contribution in [3.63, 3.8) is 0 Å². The highest BCUT2D eigenvalue weighted by Crippen LogP contribution is 2.35. The Kier molecular flexibility index (Phi) is 5.33. The Labute approximate surface area is 151 Å². The number of aromatic nitrogens is 4. The molecule has 0 saturated carbocycles. The average Bonchev–Trinajstić information content (AvgIpc) is 3.05. The molecule has 2 aromatic rings. The Morgan fingerprint density at radius 2 is 2.24 bits per heavy atom. The van der Waals surface area contributed by atoms with Crippen molar-refractivity contribution in [2.24, 2.45) is 0 Å². The molecule has 3 rings (SSSR count). The normalized spacial score (nSPS) is 16.4. The van der Waals surface area contributed by atoms with Gasteiger partial charge in [-0.15, -0.1) is 0 Å². The Morgan fingerprint density at radius 1 is 1.40 bits per heavy atom. The van der Waals surface area contributed by atoms with Crippen molar-refractivity contribution >= 4 is 23.5 Å². The first-order chi connectivity index (χ1) is 12.1. The van der Waals surface area contributed by atoms with Crippen LogP contribution in [0, 0.1) is 0 Å². The molecule has 25 heavy (non-hydrogen) atoms. The molecule has 0 spiro atoms. The van der Waals surface area contributed by atoms with Crippen molar-refractivity contribution < 1.29 is 9.53 Å². The number of benzene rings is 1. The molecule has 1 atom stereocenters. The summed E-state index contributed by atoms with van der Waals surface area (Å²) < 4.78 is 7.05. The lowest BCUT2D eigenvalue weighted by molar-refractivity contribution is -0.139. The monoisotopic (exact) mass is 361 g/mol. The van der Waals surface area contributed by atoms with Gasteiger partial charge in [-0.25, -0.2) is 4.79 Å². The molecular formula is C17H20ClN5O2. The van der Waals surface area contributed by atoms with E-state index in [2.05, 4.69) is 27.8 Å². The summed E-state index contributed by atoms with van der Waals surface area (Å²) in [6, 6.07) is 6.84. The molecule has 7 nitrogen and oxygen atoms in total. The van der Waals surface area contributed by atoms with E-state index < -0.39 is 6.04 Å². The Hall–Kier alpha value is -2.41. The van der Waals surface area contributed by atoms with E-state index >= 15 is 0 Å². The minimum Gasteiger partial charge on any atom is -0.462 e. The molecule has 8 heteroatoms. The fourth-order valence-corrected chi connectivity index (χ4v) is 3.05. The predicted octanol–water partition coefficient (Wildman–Crippen LogP) is 3.35. The van der Waals surface area contributed by atoms with Gasteiger partial charge in [-0.05, 0) is 41.5 Å². The van der Waals surface area contributed by atoms with Crippen molar-refractivity contribution in [3.05, 3.63) is 46.1 Å². The van der Waals surface area contributed by atoms with Gasteiger partial charge in [0.2, 0.25) is 5.95 Å². The standard InChI is InChI=1S/C17H20ClN5O2/c1-3-4-5-9-25-16(24)14-11(2)19-17-20-21-22-23(17)15(14)12-7-6-8-13(18)10-12/h6-8,10,15H,3-5,9H2,1-2H3,(H,19,20,22)/t15-/m1/s1. The predicted molar refractivity (Wildman–Crippen MR) is 94.2 cm³/mol. The molecule has 2 heterocycles. The lowest BCUT2D eigenvalue weighted by Gasteiger charge is -2.27. The average molecular weight is 362 g/mol. The number of carbonyl (C=O) groups is 1. The maximum absolute atomic E-state index is 12.7. The number of allylic oxidation sites excluding steroid dienone is 1. The van der Waals surface area contributed by atoms with Gasteiger partial charge in [0, 0.05) is 10.7 Å². The number of nitrogens with zero attached hydrogens (tertiary/aromatic N) is 4. The second-order valence-electron chi connectivity index (χ2n) is 5.91. The number of hydrogen-bond acceptors (Lipinski definition) is 6. The van der Waals surface area contributed by atoms with E-state index in [0.717, 1.165) is 24.8 Å². The first-order valence-corrected chi connectivity index (χ1v) is 8.68. The van der Waals surface area contributed by atoms with Crippen molar-refractivity contribution in [2.45, 2.75) is 39.2 Å². The van der Waals surface area contributed by atoms with Gasteiger partial charge in [0.15, 0.2) is 0 Å². The van der Waals surface area contributed by atoms with Crippen LogP contribution in [0.2, 0.25) is 5.02 Å². The van der Waals surface area contributed by atoms with E-state index in [1.165, 1.54) is 0 Å². The molecule has 0 fully saturated rings. The topological polar surface area (TPSA) is 81.9 Å². The number of unbranched alkanes of at least 4 members (excludes halogenated alkanes) is 2. The summed E-state index contributed by atoms with van der Waals surface area (Å²) in [7, 11) is 0. The fraction of sp³-hybridized carbons (Fsp3) is 0.412. The zero-order valence-electron chi connectivity index (χ0n) is 14.2. The summed E-state index contributed by atoms with van der Waals surface area (Å²) in [5, 5.41) is 15.3. The molecular weight excluding hydrogens is 342 g/mol. The smallest absolute Gasteiger partial charge is 0.338 e. The number of ether oxygens (including phenoxy) is 1. The summed E-state index contributed by atoms with van der Waals surface area (Å²) in [6.45, 7) is 4.32. The molecule has 132 valence electrons. The van der Waals surface area contributed by atoms with Crippen LogP contribution in [-0.4, -0.2) is 32.8 Å². The largest absolute Gasteiger partial charge is 0.462 e. The fourth-order valence-electron chi connectivity index (χ4n) is 2.86. The van der Waals surface area contributed by atoms with Gasteiger partial charge in [0.25, 0.3) is 0 Å². The van der Waals surface area contributed by atoms with Crippen molar-refractivity contribution in [1.29, 1.82) is 0 Å². The van der Waals surface area contributed by atoms with Gasteiger partial charge in [0.05, 0.1) is 12.2 Å². The zero-order chi connectivity index (χ0) is 17.8. The third-order valence-electron chi connectivity index (χ3n) is 4.08. The van der Waals surface area contributed by atoms with Gasteiger partial charge in [-0.2, -0.15) is 4.68 Å². The molecule has 0 saturated heterocycles. The van der Waals surface area contributed by atoms with Gasteiger partial charge in [-0.3, -0.25) is 0 Å². The lowest BCUT2D eigenvalue weighted by Crippen LogP contribution is -2.29. The highest BCUT2D eigenvalue weighted by Gasteiger charge is 2.34. The number of tetrazole rings is 1. The Morgan fingerprint density at radius 3 is 3.00 bits per heavy atom. The lowest BCUT2D eigenvalue weighted by atomic mass is 9.96. The second kappa shape index (κ2) is 7.65. The van der Waals surface area contributed by atoms with E-state index in [0.29, 0.717) is 28.8 Å². The number of carbonyl (C=O) groups excluding carboxylic acids is 1. The maximum atomic E-state index is 12.7. The summed E-state index contributed by atoms with van der Waals surface area (Å²) in [5.41, 5.74) is 1.98. The van der Waals surface area contributed by atoms with Crippen LogP contribution in [-0.2, 0) is 9.53 Å². The molecule has 1 aliphatic heterocycles. The molecule has 0 aliphatic carbocycles. The van der Waals surface area contributed by atoms with Gasteiger partial charge < -0.3 is 10.1 Å². The Balaban J connectivity index is 1.94. The highest BCUT2D eigenvalue weighted by molar-refractivity contribution is 6.30. The number of hydrogen-bond donors (Lipinski definition) is 1. The van der Waals surface area contributed by atoms with Crippen LogP contribution in [0.1, 0.15) is 44.7 Å².